The highest BCUT2D eigenvalue weighted by Gasteiger charge is 2.32. The third-order valence-corrected chi connectivity index (χ3v) is 3.08. The van der Waals surface area contributed by atoms with Gasteiger partial charge in [0.05, 0.1) is 0 Å². The van der Waals surface area contributed by atoms with E-state index in [1.807, 2.05) is 0 Å². The maximum absolute atomic E-state index is 12.3. The van der Waals surface area contributed by atoms with Gasteiger partial charge in [0, 0.05) is 13.1 Å². The van der Waals surface area contributed by atoms with Gasteiger partial charge in [0.1, 0.15) is 11.3 Å². The summed E-state index contributed by atoms with van der Waals surface area (Å²) in [5.41, 5.74) is -0.238. The molecule has 1 saturated heterocycles. The molecule has 1 fully saturated rings. The number of nitrogens with one attached hydrogen (secondary N) is 1. The van der Waals surface area contributed by atoms with Gasteiger partial charge in [-0.15, -0.1) is 0 Å². The lowest BCUT2D eigenvalue weighted by molar-refractivity contribution is -0.136. The van der Waals surface area contributed by atoms with Crippen LogP contribution in [0, 0.1) is 0 Å². The Hall–Kier alpha value is -2.71. The van der Waals surface area contributed by atoms with E-state index in [1.54, 1.807) is 0 Å². The van der Waals surface area contributed by atoms with Gasteiger partial charge >= 0.3 is 18.6 Å². The van der Waals surface area contributed by atoms with Crippen LogP contribution < -0.4 is 10.1 Å². The molecule has 1 aliphatic heterocycles. The maximum atomic E-state index is 12.3. The van der Waals surface area contributed by atoms with Crippen LogP contribution in [0.5, 0.6) is 5.75 Å². The molecule has 7 nitrogen and oxygen atoms in total. The van der Waals surface area contributed by atoms with Crippen molar-refractivity contribution in [2.24, 2.45) is 0 Å². The van der Waals surface area contributed by atoms with Crippen molar-refractivity contribution in [2.45, 2.75) is 19.6 Å². The molecule has 0 saturated carbocycles. The Kier molecular flexibility index (Phi) is 5.09. The van der Waals surface area contributed by atoms with Gasteiger partial charge in [-0.1, -0.05) is 12.1 Å². The topological polar surface area (TPSA) is 84.9 Å². The summed E-state index contributed by atoms with van der Waals surface area (Å²) in [6, 6.07) is 4.70. The molecule has 1 aromatic carbocycles. The Bertz CT molecular complexity index is 623. The lowest BCUT2D eigenvalue weighted by atomic mass is 10.2. The monoisotopic (exact) mass is 328 g/mol. The molecule has 1 aromatic rings. The first kappa shape index (κ1) is 16.7. The van der Waals surface area contributed by atoms with Gasteiger partial charge in [0.25, 0.3) is 5.91 Å². The van der Waals surface area contributed by atoms with E-state index in [1.165, 1.54) is 31.2 Å². The number of hydrogen-bond donors (Lipinski definition) is 1. The van der Waals surface area contributed by atoms with Gasteiger partial charge in [0.2, 0.25) is 0 Å². The second-order valence-electron chi connectivity index (χ2n) is 4.64. The van der Waals surface area contributed by atoms with E-state index >= 15 is 0 Å². The molecule has 1 aliphatic rings. The standard InChI is InChI=1S/C14H14F2N2O5/c1-8(11(19)18-7-6-17-14(18)21)22-12(20)9-4-2-3-5-10(9)23-13(15)16/h2-5,8,13H,6-7H2,1H3,(H,17,21)/t8-/m0/s1. The number of urea groups is 1. The molecule has 0 spiro atoms. The zero-order chi connectivity index (χ0) is 17.0. The van der Waals surface area contributed by atoms with Crippen LogP contribution in [-0.4, -0.2) is 48.6 Å². The first-order valence-corrected chi connectivity index (χ1v) is 6.74. The molecule has 0 aromatic heterocycles. The van der Waals surface area contributed by atoms with E-state index < -0.39 is 30.6 Å². The number of carbonyl (C=O) groups excluding carboxylic acids is 3. The lowest BCUT2D eigenvalue weighted by Gasteiger charge is -2.18. The normalized spacial score (nSPS) is 15.3. The summed E-state index contributed by atoms with van der Waals surface area (Å²) in [4.78, 5) is 36.4. The van der Waals surface area contributed by atoms with E-state index in [2.05, 4.69) is 10.1 Å². The van der Waals surface area contributed by atoms with E-state index in [0.29, 0.717) is 6.54 Å². The molecule has 1 atom stereocenters. The van der Waals surface area contributed by atoms with Crippen molar-refractivity contribution in [1.82, 2.24) is 10.2 Å². The fourth-order valence-electron chi connectivity index (χ4n) is 2.01. The highest BCUT2D eigenvalue weighted by atomic mass is 19.3. The number of para-hydroxylation sites is 1. The number of rotatable bonds is 5. The van der Waals surface area contributed by atoms with Gasteiger partial charge in [-0.25, -0.2) is 9.59 Å². The molecular formula is C14H14F2N2O5. The molecule has 0 radical (unpaired) electrons. The fourth-order valence-corrected chi connectivity index (χ4v) is 2.01. The van der Waals surface area contributed by atoms with E-state index in [4.69, 9.17) is 4.74 Å². The highest BCUT2D eigenvalue weighted by Crippen LogP contribution is 2.21. The summed E-state index contributed by atoms with van der Waals surface area (Å²) >= 11 is 0. The van der Waals surface area contributed by atoms with Crippen molar-refractivity contribution in [3.05, 3.63) is 29.8 Å². The van der Waals surface area contributed by atoms with Crippen LogP contribution >= 0.6 is 0 Å². The average Bonchev–Trinajstić information content (AvgIpc) is 2.92. The fraction of sp³-hybridized carbons (Fsp3) is 0.357. The number of carbonyl (C=O) groups is 3. The Morgan fingerprint density at radius 1 is 1.30 bits per heavy atom. The zero-order valence-corrected chi connectivity index (χ0v) is 12.1. The Labute approximate surface area is 130 Å². The molecule has 2 rings (SSSR count). The van der Waals surface area contributed by atoms with Crippen molar-refractivity contribution >= 4 is 17.9 Å². The number of ether oxygens (including phenoxy) is 2. The smallest absolute Gasteiger partial charge is 0.387 e. The summed E-state index contributed by atoms with van der Waals surface area (Å²) in [5.74, 6) is -2.05. The molecule has 0 aliphatic carbocycles. The summed E-state index contributed by atoms with van der Waals surface area (Å²) in [6.07, 6.45) is -1.24. The predicted octanol–water partition coefficient (Wildman–Crippen LogP) is 1.39. The third kappa shape index (κ3) is 3.93. The minimum Gasteiger partial charge on any atom is -0.449 e. The largest absolute Gasteiger partial charge is 0.449 e. The van der Waals surface area contributed by atoms with Crippen molar-refractivity contribution in [3.8, 4) is 5.75 Å². The minimum atomic E-state index is -3.10. The summed E-state index contributed by atoms with van der Waals surface area (Å²) in [7, 11) is 0. The van der Waals surface area contributed by atoms with Gasteiger partial charge in [-0.05, 0) is 19.1 Å². The molecule has 0 bridgehead atoms. The number of benzene rings is 1. The van der Waals surface area contributed by atoms with Crippen LogP contribution in [0.25, 0.3) is 0 Å². The van der Waals surface area contributed by atoms with Gasteiger partial charge in [-0.2, -0.15) is 8.78 Å². The van der Waals surface area contributed by atoms with E-state index in [9.17, 15) is 23.2 Å². The van der Waals surface area contributed by atoms with E-state index in [-0.39, 0.29) is 17.9 Å². The molecule has 3 amide bonds. The molecule has 23 heavy (non-hydrogen) atoms. The predicted molar refractivity (Wildman–Crippen MR) is 73.1 cm³/mol. The molecule has 9 heteroatoms. The van der Waals surface area contributed by atoms with E-state index in [0.717, 1.165) is 4.90 Å². The van der Waals surface area contributed by atoms with Crippen LogP contribution in [0.1, 0.15) is 17.3 Å². The maximum Gasteiger partial charge on any atom is 0.387 e. The number of imide groups is 1. The third-order valence-electron chi connectivity index (χ3n) is 3.08. The minimum absolute atomic E-state index is 0.171. The second-order valence-corrected chi connectivity index (χ2v) is 4.64. The van der Waals surface area contributed by atoms with Crippen LogP contribution in [0.2, 0.25) is 0 Å². The molecule has 1 heterocycles. The molecule has 124 valence electrons. The molecule has 1 N–H and O–H groups in total. The quantitative estimate of drug-likeness (QED) is 0.826. The van der Waals surface area contributed by atoms with Gasteiger partial charge in [-0.3, -0.25) is 9.69 Å². The SMILES string of the molecule is C[C@H](OC(=O)c1ccccc1OC(F)F)C(=O)N1CCNC1=O. The zero-order valence-electron chi connectivity index (χ0n) is 12.1. The highest BCUT2D eigenvalue weighted by molar-refractivity contribution is 6.00. The van der Waals surface area contributed by atoms with Crippen LogP contribution in [0.15, 0.2) is 24.3 Å². The summed E-state index contributed by atoms with van der Waals surface area (Å²) in [5, 5.41) is 2.44. The Morgan fingerprint density at radius 2 is 2.00 bits per heavy atom. The second kappa shape index (κ2) is 7.03. The Morgan fingerprint density at radius 3 is 2.61 bits per heavy atom. The molecular weight excluding hydrogens is 314 g/mol. The van der Waals surface area contributed by atoms with Crippen molar-refractivity contribution in [3.63, 3.8) is 0 Å². The van der Waals surface area contributed by atoms with Crippen LogP contribution in [-0.2, 0) is 9.53 Å². The lowest BCUT2D eigenvalue weighted by Crippen LogP contribution is -2.41. The number of alkyl halides is 2. The Balaban J connectivity index is 2.06. The number of amides is 3. The first-order chi connectivity index (χ1) is 10.9. The molecule has 0 unspecified atom stereocenters. The number of nitrogens with zero attached hydrogens (tertiary/aromatic N) is 1. The number of esters is 1. The average molecular weight is 328 g/mol. The van der Waals surface area contributed by atoms with Crippen LogP contribution in [0.3, 0.4) is 0 Å². The van der Waals surface area contributed by atoms with Crippen molar-refractivity contribution < 1.29 is 32.6 Å². The summed E-state index contributed by atoms with van der Waals surface area (Å²) < 4.78 is 33.8. The number of halogens is 2. The summed E-state index contributed by atoms with van der Waals surface area (Å²) in [6.45, 7) is -1.32. The van der Waals surface area contributed by atoms with Gasteiger partial charge < -0.3 is 14.8 Å². The van der Waals surface area contributed by atoms with Crippen molar-refractivity contribution in [2.75, 3.05) is 13.1 Å². The van der Waals surface area contributed by atoms with Gasteiger partial charge in [0.15, 0.2) is 6.10 Å². The number of hydrogen-bond acceptors (Lipinski definition) is 5. The first-order valence-electron chi connectivity index (χ1n) is 6.74. The van der Waals surface area contributed by atoms with Crippen molar-refractivity contribution in [1.29, 1.82) is 0 Å². The van der Waals surface area contributed by atoms with Crippen LogP contribution in [0.4, 0.5) is 13.6 Å².